The van der Waals surface area contributed by atoms with Crippen molar-refractivity contribution in [2.45, 2.75) is 32.3 Å². The van der Waals surface area contributed by atoms with Crippen LogP contribution >= 0.6 is 11.5 Å². The number of likely N-dealkylation sites (tertiary alicyclic amines) is 1. The predicted molar refractivity (Wildman–Crippen MR) is 122 cm³/mol. The van der Waals surface area contributed by atoms with Crippen LogP contribution in [0.1, 0.15) is 41.6 Å². The maximum Gasteiger partial charge on any atom is 0.346 e. The summed E-state index contributed by atoms with van der Waals surface area (Å²) in [6.07, 6.45) is 4.48. The lowest BCUT2D eigenvalue weighted by Crippen LogP contribution is -2.30. The van der Waals surface area contributed by atoms with E-state index in [0.717, 1.165) is 36.5 Å². The minimum atomic E-state index is -0.634. The largest absolute Gasteiger partial charge is 0.472 e. The van der Waals surface area contributed by atoms with Gasteiger partial charge in [0.1, 0.15) is 11.6 Å². The average Bonchev–Trinajstić information content (AvgIpc) is 3.58. The molecule has 0 radical (unpaired) electrons. The fraction of sp³-hybridized carbons (Fsp3) is 0.500. The number of ether oxygens (including phenoxy) is 4. The van der Waals surface area contributed by atoms with Crippen molar-refractivity contribution in [3.05, 3.63) is 29.3 Å². The molecule has 33 heavy (non-hydrogen) atoms. The van der Waals surface area contributed by atoms with Crippen molar-refractivity contribution in [2.24, 2.45) is 0 Å². The van der Waals surface area contributed by atoms with Gasteiger partial charge < -0.3 is 29.2 Å². The SMILES string of the molecule is COC(=O)c1c(OCc2ccc3c(c2)OCO3)nsc1NC(=O)NCCCCN1CCCC1. The van der Waals surface area contributed by atoms with Gasteiger partial charge >= 0.3 is 12.0 Å². The summed E-state index contributed by atoms with van der Waals surface area (Å²) < 4.78 is 25.5. The summed E-state index contributed by atoms with van der Waals surface area (Å²) >= 11 is 0.965. The first kappa shape index (κ1) is 23.1. The number of hydrogen-bond acceptors (Lipinski definition) is 9. The summed E-state index contributed by atoms with van der Waals surface area (Å²) in [6.45, 7) is 4.32. The molecule has 2 aromatic rings. The Balaban J connectivity index is 1.29. The summed E-state index contributed by atoms with van der Waals surface area (Å²) in [4.78, 5) is 27.1. The molecule has 10 nitrogen and oxygen atoms in total. The van der Waals surface area contributed by atoms with E-state index in [4.69, 9.17) is 18.9 Å². The summed E-state index contributed by atoms with van der Waals surface area (Å²) in [5.74, 6) is 0.786. The van der Waals surface area contributed by atoms with Gasteiger partial charge in [0.15, 0.2) is 17.1 Å². The highest BCUT2D eigenvalue weighted by Gasteiger charge is 2.25. The molecule has 2 aliphatic rings. The van der Waals surface area contributed by atoms with E-state index in [-0.39, 0.29) is 29.8 Å². The minimum Gasteiger partial charge on any atom is -0.472 e. The summed E-state index contributed by atoms with van der Waals surface area (Å²) in [5, 5.41) is 5.79. The van der Waals surface area contributed by atoms with Crippen LogP contribution in [0.4, 0.5) is 9.80 Å². The number of carbonyl (C=O) groups is 2. The lowest BCUT2D eigenvalue weighted by molar-refractivity contribution is 0.0596. The van der Waals surface area contributed by atoms with Gasteiger partial charge in [0.25, 0.3) is 0 Å². The number of unbranched alkanes of at least 4 members (excludes halogenated alkanes) is 1. The molecule has 0 saturated carbocycles. The Labute approximate surface area is 196 Å². The molecule has 0 spiro atoms. The Morgan fingerprint density at radius 3 is 2.82 bits per heavy atom. The minimum absolute atomic E-state index is 0.0902. The molecule has 1 aromatic heterocycles. The van der Waals surface area contributed by atoms with E-state index in [1.54, 1.807) is 6.07 Å². The Kier molecular flexibility index (Phi) is 7.84. The van der Waals surface area contributed by atoms with Crippen molar-refractivity contribution in [1.29, 1.82) is 0 Å². The number of rotatable bonds is 10. The number of anilines is 1. The zero-order chi connectivity index (χ0) is 23.0. The molecule has 0 atom stereocenters. The number of nitrogens with zero attached hydrogens (tertiary/aromatic N) is 2. The number of methoxy groups -OCH3 is 1. The van der Waals surface area contributed by atoms with Gasteiger partial charge in [0.05, 0.1) is 7.11 Å². The van der Waals surface area contributed by atoms with E-state index in [0.29, 0.717) is 18.0 Å². The first-order valence-electron chi connectivity index (χ1n) is 11.0. The fourth-order valence-electron chi connectivity index (χ4n) is 3.74. The molecule has 4 rings (SSSR count). The Morgan fingerprint density at radius 2 is 2.00 bits per heavy atom. The zero-order valence-corrected chi connectivity index (χ0v) is 19.4. The van der Waals surface area contributed by atoms with Crippen molar-refractivity contribution >= 4 is 28.5 Å². The number of benzene rings is 1. The second kappa shape index (κ2) is 11.2. The van der Waals surface area contributed by atoms with Crippen molar-refractivity contribution in [2.75, 3.05) is 45.4 Å². The number of nitrogens with one attached hydrogen (secondary N) is 2. The smallest absolute Gasteiger partial charge is 0.346 e. The van der Waals surface area contributed by atoms with Crippen molar-refractivity contribution in [3.8, 4) is 17.4 Å². The van der Waals surface area contributed by atoms with Gasteiger partial charge in [0.2, 0.25) is 12.7 Å². The Hall–Kier alpha value is -3.05. The maximum atomic E-state index is 12.3. The van der Waals surface area contributed by atoms with Crippen LogP contribution in [0.15, 0.2) is 18.2 Å². The molecular formula is C22H28N4O6S. The molecule has 2 N–H and O–H groups in total. The highest BCUT2D eigenvalue weighted by atomic mass is 32.1. The Morgan fingerprint density at radius 1 is 1.18 bits per heavy atom. The van der Waals surface area contributed by atoms with E-state index in [1.165, 1.54) is 33.0 Å². The third-order valence-electron chi connectivity index (χ3n) is 5.48. The number of urea groups is 1. The van der Waals surface area contributed by atoms with E-state index in [9.17, 15) is 9.59 Å². The van der Waals surface area contributed by atoms with Crippen LogP contribution in [-0.4, -0.2) is 61.4 Å². The summed E-state index contributed by atoms with van der Waals surface area (Å²) in [5.41, 5.74) is 0.914. The quantitative estimate of drug-likeness (QED) is 0.397. The van der Waals surface area contributed by atoms with Gasteiger partial charge in [-0.1, -0.05) is 6.07 Å². The first-order valence-corrected chi connectivity index (χ1v) is 11.8. The average molecular weight is 477 g/mol. The number of esters is 1. The molecule has 1 saturated heterocycles. The van der Waals surface area contributed by atoms with Gasteiger partial charge in [-0.25, -0.2) is 9.59 Å². The second-order valence-electron chi connectivity index (χ2n) is 7.80. The predicted octanol–water partition coefficient (Wildman–Crippen LogP) is 3.23. The monoisotopic (exact) mass is 476 g/mol. The van der Waals surface area contributed by atoms with Crippen LogP contribution in [0.2, 0.25) is 0 Å². The van der Waals surface area contributed by atoms with Crippen LogP contribution in [0.5, 0.6) is 17.4 Å². The standard InChI is InChI=1S/C22H28N4O6S/c1-29-21(27)18-19(30-13-15-6-7-16-17(12-15)32-14-31-16)25-33-20(18)24-22(28)23-8-2-3-9-26-10-4-5-11-26/h6-7,12H,2-5,8-11,13-14H2,1H3,(H2,23,24,28). The van der Waals surface area contributed by atoms with Crippen LogP contribution in [0.25, 0.3) is 0 Å². The molecule has 1 aromatic carbocycles. The van der Waals surface area contributed by atoms with Crippen molar-refractivity contribution in [1.82, 2.24) is 14.6 Å². The molecule has 2 aliphatic heterocycles. The van der Waals surface area contributed by atoms with Gasteiger partial charge in [-0.2, -0.15) is 4.37 Å². The normalized spacial score (nSPS) is 14.8. The number of amides is 2. The van der Waals surface area contributed by atoms with Crippen molar-refractivity contribution < 1.29 is 28.5 Å². The second-order valence-corrected chi connectivity index (χ2v) is 8.57. The van der Waals surface area contributed by atoms with Gasteiger partial charge in [-0.05, 0) is 74.5 Å². The van der Waals surface area contributed by atoms with Gasteiger partial charge in [-0.3, -0.25) is 5.32 Å². The number of fused-ring (bicyclic) bond motifs is 1. The summed E-state index contributed by atoms with van der Waals surface area (Å²) in [7, 11) is 1.27. The maximum absolute atomic E-state index is 12.3. The molecule has 0 aliphatic carbocycles. The molecular weight excluding hydrogens is 448 g/mol. The molecule has 11 heteroatoms. The molecule has 1 fully saturated rings. The number of hydrogen-bond donors (Lipinski definition) is 2. The summed E-state index contributed by atoms with van der Waals surface area (Å²) in [6, 6.07) is 5.05. The molecule has 0 unspecified atom stereocenters. The third-order valence-corrected chi connectivity index (χ3v) is 6.22. The van der Waals surface area contributed by atoms with E-state index in [2.05, 4.69) is 19.9 Å². The highest BCUT2D eigenvalue weighted by molar-refractivity contribution is 7.11. The lowest BCUT2D eigenvalue weighted by atomic mass is 10.2. The third kappa shape index (κ3) is 6.05. The molecule has 2 amide bonds. The van der Waals surface area contributed by atoms with E-state index in [1.807, 2.05) is 12.1 Å². The fourth-order valence-corrected chi connectivity index (χ4v) is 4.46. The Bertz CT molecular complexity index is 976. The number of aromatic nitrogens is 1. The number of carbonyl (C=O) groups excluding carboxylic acids is 2. The van der Waals surface area contributed by atoms with Crippen LogP contribution < -0.4 is 24.8 Å². The topological polar surface area (TPSA) is 111 Å². The van der Waals surface area contributed by atoms with Crippen LogP contribution in [-0.2, 0) is 11.3 Å². The molecule has 178 valence electrons. The highest BCUT2D eigenvalue weighted by Crippen LogP contribution is 2.34. The molecule has 3 heterocycles. The zero-order valence-electron chi connectivity index (χ0n) is 18.6. The van der Waals surface area contributed by atoms with Crippen LogP contribution in [0, 0.1) is 0 Å². The van der Waals surface area contributed by atoms with E-state index >= 15 is 0 Å². The first-order chi connectivity index (χ1) is 16.1. The van der Waals surface area contributed by atoms with Crippen LogP contribution in [0.3, 0.4) is 0 Å². The van der Waals surface area contributed by atoms with Crippen molar-refractivity contribution in [3.63, 3.8) is 0 Å². The van der Waals surface area contributed by atoms with Gasteiger partial charge in [-0.15, -0.1) is 0 Å². The van der Waals surface area contributed by atoms with E-state index < -0.39 is 12.0 Å². The lowest BCUT2D eigenvalue weighted by Gasteiger charge is -2.14. The van der Waals surface area contributed by atoms with Gasteiger partial charge in [0, 0.05) is 6.54 Å². The molecule has 0 bridgehead atoms.